The first kappa shape index (κ1) is 17.6. The van der Waals surface area contributed by atoms with Crippen molar-refractivity contribution in [2.45, 2.75) is 51.0 Å². The monoisotopic (exact) mass is 377 g/mol. The fourth-order valence-electron chi connectivity index (χ4n) is 4.78. The van der Waals surface area contributed by atoms with Gasteiger partial charge in [0.15, 0.2) is 11.5 Å². The van der Waals surface area contributed by atoms with Gasteiger partial charge < -0.3 is 14.4 Å². The molecule has 1 aliphatic carbocycles. The van der Waals surface area contributed by atoms with Crippen LogP contribution in [-0.4, -0.2) is 30.6 Å². The molecule has 1 saturated heterocycles. The van der Waals surface area contributed by atoms with Crippen molar-refractivity contribution in [3.63, 3.8) is 0 Å². The van der Waals surface area contributed by atoms with Crippen LogP contribution in [0.5, 0.6) is 11.5 Å². The first-order chi connectivity index (χ1) is 13.8. The molecule has 0 radical (unpaired) electrons. The molecule has 2 aromatic rings. The van der Waals surface area contributed by atoms with Crippen molar-refractivity contribution in [1.29, 1.82) is 0 Å². The van der Waals surface area contributed by atoms with Gasteiger partial charge in [-0.1, -0.05) is 12.1 Å². The quantitative estimate of drug-likeness (QED) is 0.761. The Hall–Kier alpha value is -2.49. The summed E-state index contributed by atoms with van der Waals surface area (Å²) in [5.74, 6) is 1.78. The lowest BCUT2D eigenvalue weighted by atomic mass is 9.90. The van der Waals surface area contributed by atoms with E-state index in [0.717, 1.165) is 61.3 Å². The van der Waals surface area contributed by atoms with E-state index in [2.05, 4.69) is 24.3 Å². The van der Waals surface area contributed by atoms with Gasteiger partial charge in [0.05, 0.1) is 19.3 Å². The van der Waals surface area contributed by atoms with Gasteiger partial charge in [0.25, 0.3) is 5.91 Å². The molecule has 1 unspecified atom stereocenters. The molecule has 4 heteroatoms. The average molecular weight is 377 g/mol. The second-order valence-corrected chi connectivity index (χ2v) is 8.10. The molecule has 5 rings (SSSR count). The number of carbonyl (C=O) groups excluding carboxylic acids is 1. The molecule has 0 aromatic heterocycles. The Morgan fingerprint density at radius 1 is 0.857 bits per heavy atom. The first-order valence-electron chi connectivity index (χ1n) is 10.6. The zero-order chi connectivity index (χ0) is 18.9. The van der Waals surface area contributed by atoms with Crippen LogP contribution < -0.4 is 9.47 Å². The second kappa shape index (κ2) is 7.50. The smallest absolute Gasteiger partial charge is 0.254 e. The third-order valence-electron chi connectivity index (χ3n) is 6.27. The highest BCUT2D eigenvalue weighted by molar-refractivity contribution is 5.95. The Morgan fingerprint density at radius 2 is 1.68 bits per heavy atom. The molecule has 1 amide bonds. The molecule has 3 aliphatic rings. The lowest BCUT2D eigenvalue weighted by Crippen LogP contribution is -2.30. The van der Waals surface area contributed by atoms with Crippen molar-refractivity contribution in [3.05, 3.63) is 58.7 Å². The number of rotatable bonds is 2. The number of nitrogens with zero attached hydrogens (tertiary/aromatic N) is 1. The summed E-state index contributed by atoms with van der Waals surface area (Å²) in [6.45, 7) is 2.19. The van der Waals surface area contributed by atoms with Gasteiger partial charge in [-0.05, 0) is 79.5 Å². The van der Waals surface area contributed by atoms with Crippen LogP contribution >= 0.6 is 0 Å². The van der Waals surface area contributed by atoms with E-state index in [9.17, 15) is 4.79 Å². The van der Waals surface area contributed by atoms with Crippen LogP contribution in [-0.2, 0) is 12.8 Å². The number of hydrogen-bond donors (Lipinski definition) is 0. The molecule has 1 fully saturated rings. The molecule has 0 spiro atoms. The van der Waals surface area contributed by atoms with E-state index in [4.69, 9.17) is 9.47 Å². The summed E-state index contributed by atoms with van der Waals surface area (Å²) in [7, 11) is 0. The topological polar surface area (TPSA) is 38.8 Å². The SMILES string of the molecule is O=C(c1ccc2c(c1)CCCC2)N1CCCC1c1ccc2c(c1)OCCCO2. The van der Waals surface area contributed by atoms with Crippen molar-refractivity contribution in [3.8, 4) is 11.5 Å². The Balaban J connectivity index is 1.41. The fourth-order valence-corrected chi connectivity index (χ4v) is 4.78. The number of benzene rings is 2. The Bertz CT molecular complexity index is 891. The molecule has 2 aromatic carbocycles. The standard InChI is InChI=1S/C24H27NO3/c26-24(20-9-8-17-5-1-2-6-18(17)15-20)25-12-3-7-21(25)19-10-11-22-23(16-19)28-14-4-13-27-22/h8-11,15-16,21H,1-7,12-14H2. The minimum Gasteiger partial charge on any atom is -0.490 e. The predicted molar refractivity (Wildman–Crippen MR) is 108 cm³/mol. The molecule has 0 N–H and O–H groups in total. The summed E-state index contributed by atoms with van der Waals surface area (Å²) in [4.78, 5) is 15.4. The van der Waals surface area contributed by atoms with Crippen molar-refractivity contribution in [1.82, 2.24) is 4.90 Å². The van der Waals surface area contributed by atoms with Crippen molar-refractivity contribution in [2.75, 3.05) is 19.8 Å². The van der Waals surface area contributed by atoms with Gasteiger partial charge in [0, 0.05) is 18.5 Å². The van der Waals surface area contributed by atoms with Gasteiger partial charge in [-0.25, -0.2) is 0 Å². The lowest BCUT2D eigenvalue weighted by Gasteiger charge is -2.26. The normalized spacial score (nSPS) is 21.1. The minimum absolute atomic E-state index is 0.112. The lowest BCUT2D eigenvalue weighted by molar-refractivity contribution is 0.0735. The average Bonchev–Trinajstić information content (AvgIpc) is 3.11. The van der Waals surface area contributed by atoms with E-state index < -0.39 is 0 Å². The number of ether oxygens (including phenoxy) is 2. The van der Waals surface area contributed by atoms with E-state index in [1.54, 1.807) is 0 Å². The molecule has 2 heterocycles. The molecule has 4 nitrogen and oxygen atoms in total. The van der Waals surface area contributed by atoms with Gasteiger partial charge in [-0.2, -0.15) is 0 Å². The third-order valence-corrected chi connectivity index (χ3v) is 6.27. The van der Waals surface area contributed by atoms with Gasteiger partial charge in [-0.15, -0.1) is 0 Å². The number of amides is 1. The maximum absolute atomic E-state index is 13.3. The molecular weight excluding hydrogens is 350 g/mol. The summed E-state index contributed by atoms with van der Waals surface area (Å²) < 4.78 is 11.6. The molecule has 0 bridgehead atoms. The van der Waals surface area contributed by atoms with E-state index in [1.807, 2.05) is 17.0 Å². The maximum atomic E-state index is 13.3. The zero-order valence-electron chi connectivity index (χ0n) is 16.3. The number of carbonyl (C=O) groups is 1. The number of fused-ring (bicyclic) bond motifs is 2. The summed E-state index contributed by atoms with van der Waals surface area (Å²) in [6, 6.07) is 12.6. The van der Waals surface area contributed by atoms with E-state index in [0.29, 0.717) is 13.2 Å². The van der Waals surface area contributed by atoms with Crippen LogP contribution in [0.15, 0.2) is 36.4 Å². The van der Waals surface area contributed by atoms with E-state index in [-0.39, 0.29) is 11.9 Å². The summed E-state index contributed by atoms with van der Waals surface area (Å²) in [6.07, 6.45) is 7.67. The van der Waals surface area contributed by atoms with Crippen LogP contribution in [0.4, 0.5) is 0 Å². The summed E-state index contributed by atoms with van der Waals surface area (Å²) in [5, 5.41) is 0. The highest BCUT2D eigenvalue weighted by Crippen LogP contribution is 2.38. The predicted octanol–water partition coefficient (Wildman–Crippen LogP) is 4.70. The highest BCUT2D eigenvalue weighted by Gasteiger charge is 2.31. The first-order valence-corrected chi connectivity index (χ1v) is 10.6. The number of hydrogen-bond acceptors (Lipinski definition) is 3. The Labute approximate surface area is 166 Å². The van der Waals surface area contributed by atoms with E-state index >= 15 is 0 Å². The van der Waals surface area contributed by atoms with Gasteiger partial charge >= 0.3 is 0 Å². The largest absolute Gasteiger partial charge is 0.490 e. The summed E-state index contributed by atoms with van der Waals surface area (Å²) in [5.41, 5.74) is 4.77. The fraction of sp³-hybridized carbons (Fsp3) is 0.458. The minimum atomic E-state index is 0.112. The van der Waals surface area contributed by atoms with Crippen LogP contribution in [0, 0.1) is 0 Å². The molecular formula is C24H27NO3. The van der Waals surface area contributed by atoms with Crippen LogP contribution in [0.3, 0.4) is 0 Å². The molecule has 28 heavy (non-hydrogen) atoms. The second-order valence-electron chi connectivity index (χ2n) is 8.10. The van der Waals surface area contributed by atoms with Crippen LogP contribution in [0.25, 0.3) is 0 Å². The Kier molecular flexibility index (Phi) is 4.71. The molecule has 146 valence electrons. The Morgan fingerprint density at radius 3 is 2.57 bits per heavy atom. The number of likely N-dealkylation sites (tertiary alicyclic amines) is 1. The highest BCUT2D eigenvalue weighted by atomic mass is 16.5. The van der Waals surface area contributed by atoms with E-state index in [1.165, 1.54) is 24.0 Å². The summed E-state index contributed by atoms with van der Waals surface area (Å²) >= 11 is 0. The van der Waals surface area contributed by atoms with Crippen molar-refractivity contribution >= 4 is 5.91 Å². The zero-order valence-corrected chi connectivity index (χ0v) is 16.3. The molecule has 0 saturated carbocycles. The van der Waals surface area contributed by atoms with Gasteiger partial charge in [0.1, 0.15) is 0 Å². The van der Waals surface area contributed by atoms with Crippen molar-refractivity contribution < 1.29 is 14.3 Å². The number of aryl methyl sites for hydroxylation is 2. The molecule has 2 aliphatic heterocycles. The van der Waals surface area contributed by atoms with Crippen LogP contribution in [0.2, 0.25) is 0 Å². The molecule has 1 atom stereocenters. The van der Waals surface area contributed by atoms with Gasteiger partial charge in [-0.3, -0.25) is 4.79 Å². The third kappa shape index (κ3) is 3.25. The van der Waals surface area contributed by atoms with Gasteiger partial charge in [0.2, 0.25) is 0 Å². The van der Waals surface area contributed by atoms with Crippen molar-refractivity contribution in [2.24, 2.45) is 0 Å². The van der Waals surface area contributed by atoms with Crippen LogP contribution in [0.1, 0.15) is 65.2 Å². The maximum Gasteiger partial charge on any atom is 0.254 e.